The van der Waals surface area contributed by atoms with Crippen molar-refractivity contribution < 1.29 is 9.53 Å². The predicted octanol–water partition coefficient (Wildman–Crippen LogP) is 1.15. The van der Waals surface area contributed by atoms with Crippen LogP contribution in [0, 0.1) is 0 Å². The Morgan fingerprint density at radius 2 is 2.06 bits per heavy atom. The number of amides is 1. The van der Waals surface area contributed by atoms with E-state index in [4.69, 9.17) is 4.74 Å². The lowest BCUT2D eigenvalue weighted by atomic mass is 9.94. The van der Waals surface area contributed by atoms with Crippen LogP contribution in [0.25, 0.3) is 0 Å². The molecule has 2 aliphatic rings. The zero-order valence-electron chi connectivity index (χ0n) is 11.3. The Kier molecular flexibility index (Phi) is 5.33. The number of hydrogen-bond acceptors (Lipinski definition) is 4. The number of carbonyl (C=O) groups is 1. The molecule has 0 bridgehead atoms. The maximum absolute atomic E-state index is 12.1. The SMILES string of the molecule is COC1CNC(C(=O)NC2CCC(SC)CC2)C1. The first kappa shape index (κ1) is 14.2. The molecule has 1 saturated carbocycles. The normalized spacial score (nSPS) is 36.6. The zero-order valence-corrected chi connectivity index (χ0v) is 12.1. The third-order valence-corrected chi connectivity index (χ3v) is 5.23. The van der Waals surface area contributed by atoms with Crippen LogP contribution in [0.3, 0.4) is 0 Å². The second kappa shape index (κ2) is 6.78. The predicted molar refractivity (Wildman–Crippen MR) is 74.9 cm³/mol. The van der Waals surface area contributed by atoms with Crippen LogP contribution >= 0.6 is 11.8 Å². The number of thioether (sulfide) groups is 1. The number of carbonyl (C=O) groups excluding carboxylic acids is 1. The van der Waals surface area contributed by atoms with Crippen molar-refractivity contribution in [1.29, 1.82) is 0 Å². The van der Waals surface area contributed by atoms with Gasteiger partial charge in [-0.25, -0.2) is 0 Å². The highest BCUT2D eigenvalue weighted by Gasteiger charge is 2.31. The molecule has 0 aromatic rings. The van der Waals surface area contributed by atoms with Gasteiger partial charge in [0.2, 0.25) is 5.91 Å². The smallest absolute Gasteiger partial charge is 0.237 e. The van der Waals surface area contributed by atoms with Crippen LogP contribution in [0.2, 0.25) is 0 Å². The lowest BCUT2D eigenvalue weighted by molar-refractivity contribution is -0.123. The van der Waals surface area contributed by atoms with Gasteiger partial charge < -0.3 is 15.4 Å². The number of ether oxygens (including phenoxy) is 1. The molecular weight excluding hydrogens is 248 g/mol. The lowest BCUT2D eigenvalue weighted by Crippen LogP contribution is -2.46. The van der Waals surface area contributed by atoms with E-state index in [9.17, 15) is 4.79 Å². The molecule has 104 valence electrons. The topological polar surface area (TPSA) is 50.4 Å². The first-order valence-corrected chi connectivity index (χ1v) is 8.11. The van der Waals surface area contributed by atoms with Gasteiger partial charge in [0.05, 0.1) is 12.1 Å². The molecule has 2 unspecified atom stereocenters. The second-order valence-corrected chi connectivity index (χ2v) is 6.41. The average molecular weight is 272 g/mol. The van der Waals surface area contributed by atoms with Crippen LogP contribution < -0.4 is 10.6 Å². The fourth-order valence-corrected chi connectivity index (χ4v) is 3.57. The minimum absolute atomic E-state index is 0.0618. The van der Waals surface area contributed by atoms with E-state index in [1.165, 1.54) is 12.8 Å². The highest BCUT2D eigenvalue weighted by Crippen LogP contribution is 2.27. The van der Waals surface area contributed by atoms with Gasteiger partial charge in [0.1, 0.15) is 0 Å². The van der Waals surface area contributed by atoms with Crippen molar-refractivity contribution in [3.63, 3.8) is 0 Å². The Morgan fingerprint density at radius 1 is 1.33 bits per heavy atom. The van der Waals surface area contributed by atoms with Crippen molar-refractivity contribution in [2.45, 2.75) is 55.5 Å². The minimum atomic E-state index is -0.0618. The van der Waals surface area contributed by atoms with Gasteiger partial charge in [-0.15, -0.1) is 0 Å². The van der Waals surface area contributed by atoms with Gasteiger partial charge in [-0.3, -0.25) is 4.79 Å². The van der Waals surface area contributed by atoms with Crippen molar-refractivity contribution in [2.75, 3.05) is 19.9 Å². The summed E-state index contributed by atoms with van der Waals surface area (Å²) < 4.78 is 5.26. The Bertz CT molecular complexity index is 280. The number of methoxy groups -OCH3 is 1. The lowest BCUT2D eigenvalue weighted by Gasteiger charge is -2.28. The van der Waals surface area contributed by atoms with Gasteiger partial charge in [-0.05, 0) is 38.4 Å². The molecule has 0 radical (unpaired) electrons. The van der Waals surface area contributed by atoms with Crippen LogP contribution in [0.5, 0.6) is 0 Å². The monoisotopic (exact) mass is 272 g/mol. The van der Waals surface area contributed by atoms with Gasteiger partial charge >= 0.3 is 0 Å². The van der Waals surface area contributed by atoms with Crippen LogP contribution in [0.4, 0.5) is 0 Å². The Balaban J connectivity index is 1.72. The summed E-state index contributed by atoms with van der Waals surface area (Å²) >= 11 is 1.95. The number of nitrogens with one attached hydrogen (secondary N) is 2. The highest BCUT2D eigenvalue weighted by atomic mass is 32.2. The molecule has 5 heteroatoms. The molecule has 0 aromatic carbocycles. The largest absolute Gasteiger partial charge is 0.380 e. The Labute approximate surface area is 114 Å². The summed E-state index contributed by atoms with van der Waals surface area (Å²) in [7, 11) is 1.70. The molecule has 0 spiro atoms. The molecule has 2 rings (SSSR count). The van der Waals surface area contributed by atoms with E-state index >= 15 is 0 Å². The summed E-state index contributed by atoms with van der Waals surface area (Å²) in [5.74, 6) is 0.155. The molecule has 1 aliphatic carbocycles. The van der Waals surface area contributed by atoms with E-state index in [1.807, 2.05) is 11.8 Å². The van der Waals surface area contributed by atoms with Gasteiger partial charge in [0, 0.05) is 24.9 Å². The number of rotatable bonds is 4. The van der Waals surface area contributed by atoms with Crippen LogP contribution in [-0.2, 0) is 9.53 Å². The van der Waals surface area contributed by atoms with Gasteiger partial charge in [0.25, 0.3) is 0 Å². The summed E-state index contributed by atoms with van der Waals surface area (Å²) in [5, 5.41) is 7.20. The summed E-state index contributed by atoms with van der Waals surface area (Å²) in [6.07, 6.45) is 7.86. The maximum Gasteiger partial charge on any atom is 0.237 e. The molecule has 2 N–H and O–H groups in total. The van der Waals surface area contributed by atoms with Crippen molar-refractivity contribution in [3.05, 3.63) is 0 Å². The molecule has 1 amide bonds. The summed E-state index contributed by atoms with van der Waals surface area (Å²) in [6, 6.07) is 0.317. The van der Waals surface area contributed by atoms with Crippen LogP contribution in [0.1, 0.15) is 32.1 Å². The maximum atomic E-state index is 12.1. The van der Waals surface area contributed by atoms with E-state index in [-0.39, 0.29) is 18.1 Å². The van der Waals surface area contributed by atoms with Crippen LogP contribution in [0.15, 0.2) is 0 Å². The third kappa shape index (κ3) is 3.62. The van der Waals surface area contributed by atoms with Gasteiger partial charge in [0.15, 0.2) is 0 Å². The van der Waals surface area contributed by atoms with E-state index < -0.39 is 0 Å². The highest BCUT2D eigenvalue weighted by molar-refractivity contribution is 7.99. The standard InChI is InChI=1S/C13H24N2O2S/c1-17-10-7-12(14-8-10)13(16)15-9-3-5-11(18-2)6-4-9/h9-12,14H,3-8H2,1-2H3,(H,15,16). The quantitative estimate of drug-likeness (QED) is 0.806. The van der Waals surface area contributed by atoms with Crippen molar-refractivity contribution in [1.82, 2.24) is 10.6 Å². The molecular formula is C13H24N2O2S. The van der Waals surface area contributed by atoms with Crippen molar-refractivity contribution >= 4 is 17.7 Å². The Morgan fingerprint density at radius 3 is 2.61 bits per heavy atom. The van der Waals surface area contributed by atoms with E-state index in [2.05, 4.69) is 16.9 Å². The number of hydrogen-bond donors (Lipinski definition) is 2. The molecule has 2 fully saturated rings. The molecule has 4 nitrogen and oxygen atoms in total. The van der Waals surface area contributed by atoms with E-state index in [0.29, 0.717) is 6.04 Å². The minimum Gasteiger partial charge on any atom is -0.380 e. The zero-order chi connectivity index (χ0) is 13.0. The fourth-order valence-electron chi connectivity index (χ4n) is 2.83. The van der Waals surface area contributed by atoms with Gasteiger partial charge in [-0.2, -0.15) is 11.8 Å². The molecule has 1 aliphatic heterocycles. The molecule has 0 aromatic heterocycles. The van der Waals surface area contributed by atoms with Crippen LogP contribution in [-0.4, -0.2) is 49.3 Å². The van der Waals surface area contributed by atoms with Crippen molar-refractivity contribution in [3.8, 4) is 0 Å². The first-order chi connectivity index (χ1) is 8.72. The average Bonchev–Trinajstić information content (AvgIpc) is 2.88. The molecule has 18 heavy (non-hydrogen) atoms. The summed E-state index contributed by atoms with van der Waals surface area (Å²) in [4.78, 5) is 12.1. The van der Waals surface area contributed by atoms with E-state index in [1.54, 1.807) is 7.11 Å². The summed E-state index contributed by atoms with van der Waals surface area (Å²) in [6.45, 7) is 0.786. The van der Waals surface area contributed by atoms with Crippen molar-refractivity contribution in [2.24, 2.45) is 0 Å². The first-order valence-electron chi connectivity index (χ1n) is 6.82. The molecule has 1 heterocycles. The van der Waals surface area contributed by atoms with E-state index in [0.717, 1.165) is 31.1 Å². The third-order valence-electron chi connectivity index (χ3n) is 4.09. The Hall–Kier alpha value is -0.260. The fraction of sp³-hybridized carbons (Fsp3) is 0.923. The van der Waals surface area contributed by atoms with Gasteiger partial charge in [-0.1, -0.05) is 0 Å². The second-order valence-electron chi connectivity index (χ2n) is 5.27. The summed E-state index contributed by atoms with van der Waals surface area (Å²) in [5.41, 5.74) is 0. The molecule has 1 saturated heterocycles. The molecule has 2 atom stereocenters.